The van der Waals surface area contributed by atoms with Gasteiger partial charge in [-0.25, -0.2) is 9.78 Å². The third kappa shape index (κ3) is 2.97. The molecular formula is C19H17N3O3. The average Bonchev–Trinajstić information content (AvgIpc) is 2.98. The number of benzene rings is 2. The Bertz CT molecular complexity index is 1010. The number of nitrogens with one attached hydrogen (secondary N) is 1. The molecule has 0 saturated carbocycles. The maximum atomic E-state index is 12.0. The lowest BCUT2D eigenvalue weighted by atomic mass is 9.90. The number of nitrogens with zero attached hydrogens (tertiary/aromatic N) is 2. The predicted octanol–water partition coefficient (Wildman–Crippen LogP) is 3.25. The van der Waals surface area contributed by atoms with Crippen LogP contribution in [-0.4, -0.2) is 28.2 Å². The van der Waals surface area contributed by atoms with Crippen LogP contribution in [0, 0.1) is 18.3 Å². The molecule has 2 aromatic carbocycles. The monoisotopic (exact) mass is 335 g/mol. The minimum Gasteiger partial charge on any atom is -0.465 e. The van der Waals surface area contributed by atoms with Crippen LogP contribution in [0.2, 0.25) is 0 Å². The Morgan fingerprint density at radius 1 is 1.36 bits per heavy atom. The molecule has 6 nitrogen and oxygen atoms in total. The number of imidazole rings is 1. The van der Waals surface area contributed by atoms with Crippen LogP contribution in [-0.2, 0) is 4.74 Å². The molecule has 126 valence electrons. The summed E-state index contributed by atoms with van der Waals surface area (Å²) in [6.45, 7) is 3.46. The highest BCUT2D eigenvalue weighted by Gasteiger charge is 2.20. The molecular weight excluding hydrogens is 318 g/mol. The summed E-state index contributed by atoms with van der Waals surface area (Å²) in [6, 6.07) is 10.7. The molecule has 0 aliphatic heterocycles. The fourth-order valence-electron chi connectivity index (χ4n) is 2.97. The topological polar surface area (TPSA) is 99.0 Å². The fraction of sp³-hybridized carbons (Fsp3) is 0.211. The number of methoxy groups -OCH3 is 1. The molecule has 25 heavy (non-hydrogen) atoms. The number of aliphatic hydroxyl groups excluding tert-OH is 1. The molecule has 0 radical (unpaired) electrons. The highest BCUT2D eigenvalue weighted by Crippen LogP contribution is 2.34. The number of aliphatic hydroxyl groups is 1. The second-order valence-corrected chi connectivity index (χ2v) is 5.82. The molecule has 3 rings (SSSR count). The molecule has 1 heterocycles. The summed E-state index contributed by atoms with van der Waals surface area (Å²) in [5.74, 6) is 0.260. The molecule has 0 saturated heterocycles. The van der Waals surface area contributed by atoms with Gasteiger partial charge in [-0.05, 0) is 49.2 Å². The molecule has 2 N–H and O–H groups in total. The normalized spacial score (nSPS) is 12.0. The van der Waals surface area contributed by atoms with Crippen molar-refractivity contribution in [1.82, 2.24) is 9.97 Å². The highest BCUT2D eigenvalue weighted by atomic mass is 16.5. The highest BCUT2D eigenvalue weighted by molar-refractivity contribution is 5.93. The first-order chi connectivity index (χ1) is 11.9. The van der Waals surface area contributed by atoms with Gasteiger partial charge >= 0.3 is 5.97 Å². The molecule has 0 spiro atoms. The number of ether oxygens (including phenoxy) is 1. The van der Waals surface area contributed by atoms with E-state index in [0.717, 1.165) is 22.4 Å². The van der Waals surface area contributed by atoms with Gasteiger partial charge in [-0.1, -0.05) is 6.07 Å². The van der Waals surface area contributed by atoms with Crippen LogP contribution in [0.5, 0.6) is 0 Å². The average molecular weight is 335 g/mol. The van der Waals surface area contributed by atoms with Crippen molar-refractivity contribution in [2.24, 2.45) is 0 Å². The maximum absolute atomic E-state index is 12.0. The Kier molecular flexibility index (Phi) is 4.26. The first-order valence-corrected chi connectivity index (χ1v) is 7.75. The molecule has 6 heteroatoms. The first kappa shape index (κ1) is 16.7. The number of nitriles is 1. The number of carbonyl (C=O) groups is 1. The quantitative estimate of drug-likeness (QED) is 0.716. The van der Waals surface area contributed by atoms with E-state index in [9.17, 15) is 15.2 Å². The summed E-state index contributed by atoms with van der Waals surface area (Å²) in [5.41, 5.74) is 4.01. The summed E-state index contributed by atoms with van der Waals surface area (Å²) in [6.07, 6.45) is -0.868. The number of aryl methyl sites for hydroxylation is 1. The van der Waals surface area contributed by atoms with Crippen LogP contribution < -0.4 is 0 Å². The molecule has 0 bridgehead atoms. The van der Waals surface area contributed by atoms with Gasteiger partial charge in [0.2, 0.25) is 0 Å². The zero-order valence-corrected chi connectivity index (χ0v) is 14.1. The number of aromatic amines is 1. The zero-order valence-electron chi connectivity index (χ0n) is 14.1. The lowest BCUT2D eigenvalue weighted by Gasteiger charge is -2.16. The Labute approximate surface area is 144 Å². The van der Waals surface area contributed by atoms with E-state index in [1.54, 1.807) is 13.0 Å². The summed E-state index contributed by atoms with van der Waals surface area (Å²) in [4.78, 5) is 19.5. The molecule has 1 atom stereocenters. The van der Waals surface area contributed by atoms with E-state index >= 15 is 0 Å². The van der Waals surface area contributed by atoms with E-state index in [2.05, 4.69) is 16.0 Å². The molecule has 0 fully saturated rings. The molecule has 0 amide bonds. The third-order valence-corrected chi connectivity index (χ3v) is 4.05. The number of aromatic nitrogens is 2. The van der Waals surface area contributed by atoms with Crippen molar-refractivity contribution in [1.29, 1.82) is 5.26 Å². The van der Waals surface area contributed by atoms with Gasteiger partial charge in [-0.3, -0.25) is 0 Å². The smallest absolute Gasteiger partial charge is 0.337 e. The van der Waals surface area contributed by atoms with Crippen molar-refractivity contribution in [2.75, 3.05) is 7.11 Å². The zero-order chi connectivity index (χ0) is 18.1. The minimum absolute atomic E-state index is 0.242. The Hall–Kier alpha value is -3.17. The lowest BCUT2D eigenvalue weighted by Crippen LogP contribution is -2.06. The van der Waals surface area contributed by atoms with E-state index in [1.165, 1.54) is 13.2 Å². The first-order valence-electron chi connectivity index (χ1n) is 7.75. The van der Waals surface area contributed by atoms with Gasteiger partial charge < -0.3 is 14.8 Å². The standard InChI is InChI=1S/C19H17N3O3/c1-10(23)18-14(9-20)6-13(19(24)25-3)7-15(18)12-4-5-16-17(8-12)22-11(2)21-16/h4-8,10,23H,1-3H3,(H,21,22). The van der Waals surface area contributed by atoms with Crippen molar-refractivity contribution < 1.29 is 14.6 Å². The molecule has 1 unspecified atom stereocenters. The lowest BCUT2D eigenvalue weighted by molar-refractivity contribution is 0.0600. The molecule has 0 aliphatic carbocycles. The second-order valence-electron chi connectivity index (χ2n) is 5.82. The van der Waals surface area contributed by atoms with Crippen molar-refractivity contribution in [3.8, 4) is 17.2 Å². The largest absolute Gasteiger partial charge is 0.465 e. The SMILES string of the molecule is COC(=O)c1cc(C#N)c(C(C)O)c(-c2ccc3[nH]c(C)nc3c2)c1. The van der Waals surface area contributed by atoms with Gasteiger partial charge in [0, 0.05) is 5.56 Å². The Balaban J connectivity index is 2.30. The van der Waals surface area contributed by atoms with Gasteiger partial charge in [0.25, 0.3) is 0 Å². The van der Waals surface area contributed by atoms with Gasteiger partial charge in [0.15, 0.2) is 0 Å². The van der Waals surface area contributed by atoms with Gasteiger partial charge in [-0.15, -0.1) is 0 Å². The van der Waals surface area contributed by atoms with Crippen LogP contribution in [0.3, 0.4) is 0 Å². The summed E-state index contributed by atoms with van der Waals surface area (Å²) in [7, 11) is 1.29. The van der Waals surface area contributed by atoms with Gasteiger partial charge in [-0.2, -0.15) is 5.26 Å². The number of carbonyl (C=O) groups excluding carboxylic acids is 1. The van der Waals surface area contributed by atoms with E-state index in [1.807, 2.05) is 25.1 Å². The Morgan fingerprint density at radius 3 is 2.76 bits per heavy atom. The minimum atomic E-state index is -0.868. The number of H-pyrrole nitrogens is 1. The summed E-state index contributed by atoms with van der Waals surface area (Å²) < 4.78 is 4.77. The predicted molar refractivity (Wildman–Crippen MR) is 93.0 cm³/mol. The number of rotatable bonds is 3. The number of hydrogen-bond donors (Lipinski definition) is 2. The number of fused-ring (bicyclic) bond motifs is 1. The Morgan fingerprint density at radius 2 is 2.12 bits per heavy atom. The van der Waals surface area contributed by atoms with E-state index in [0.29, 0.717) is 11.1 Å². The molecule has 3 aromatic rings. The van der Waals surface area contributed by atoms with E-state index in [4.69, 9.17) is 4.74 Å². The summed E-state index contributed by atoms with van der Waals surface area (Å²) >= 11 is 0. The third-order valence-electron chi connectivity index (χ3n) is 4.05. The van der Waals surface area contributed by atoms with Crippen LogP contribution >= 0.6 is 0 Å². The molecule has 1 aromatic heterocycles. The van der Waals surface area contributed by atoms with Crippen LogP contribution in [0.25, 0.3) is 22.2 Å². The van der Waals surface area contributed by atoms with Crippen molar-refractivity contribution in [3.63, 3.8) is 0 Å². The van der Waals surface area contributed by atoms with Crippen molar-refractivity contribution >= 4 is 17.0 Å². The van der Waals surface area contributed by atoms with E-state index in [-0.39, 0.29) is 11.1 Å². The molecule has 0 aliphatic rings. The van der Waals surface area contributed by atoms with Crippen LogP contribution in [0.1, 0.15) is 40.3 Å². The van der Waals surface area contributed by atoms with Gasteiger partial charge in [0.05, 0.1) is 41.4 Å². The number of hydrogen-bond acceptors (Lipinski definition) is 5. The maximum Gasteiger partial charge on any atom is 0.337 e. The summed E-state index contributed by atoms with van der Waals surface area (Å²) in [5, 5.41) is 19.7. The fourth-order valence-corrected chi connectivity index (χ4v) is 2.97. The number of esters is 1. The second kappa shape index (κ2) is 6.38. The van der Waals surface area contributed by atoms with E-state index < -0.39 is 12.1 Å². The van der Waals surface area contributed by atoms with Crippen LogP contribution in [0.15, 0.2) is 30.3 Å². The van der Waals surface area contributed by atoms with Crippen molar-refractivity contribution in [2.45, 2.75) is 20.0 Å². The van der Waals surface area contributed by atoms with Crippen LogP contribution in [0.4, 0.5) is 0 Å². The van der Waals surface area contributed by atoms with Crippen molar-refractivity contribution in [3.05, 3.63) is 52.8 Å². The van der Waals surface area contributed by atoms with Gasteiger partial charge in [0.1, 0.15) is 5.82 Å².